The molecule has 2 aromatic rings. The van der Waals surface area contributed by atoms with Crippen molar-refractivity contribution in [1.29, 1.82) is 0 Å². The van der Waals surface area contributed by atoms with Crippen molar-refractivity contribution >= 4 is 11.8 Å². The summed E-state index contributed by atoms with van der Waals surface area (Å²) in [5.41, 5.74) is 0.805. The molecule has 2 N–H and O–H groups in total. The Balaban J connectivity index is 1.61. The van der Waals surface area contributed by atoms with Crippen LogP contribution < -0.4 is 15.0 Å². The summed E-state index contributed by atoms with van der Waals surface area (Å²) in [6.45, 7) is 6.64. The van der Waals surface area contributed by atoms with E-state index in [9.17, 15) is 5.11 Å². The van der Waals surface area contributed by atoms with Crippen molar-refractivity contribution in [3.8, 4) is 5.75 Å². The van der Waals surface area contributed by atoms with Gasteiger partial charge in [-0.05, 0) is 36.8 Å². The Bertz CT molecular complexity index is 760. The number of methoxy groups -OCH3 is 1. The van der Waals surface area contributed by atoms with E-state index in [2.05, 4.69) is 32.0 Å². The van der Waals surface area contributed by atoms with Crippen LogP contribution >= 0.6 is 0 Å². The number of rotatable bonds is 6. The highest BCUT2D eigenvalue weighted by Crippen LogP contribution is 2.19. The van der Waals surface area contributed by atoms with Crippen LogP contribution in [0.25, 0.3) is 0 Å². The zero-order valence-electron chi connectivity index (χ0n) is 16.6. The molecule has 1 aromatic heterocycles. The lowest BCUT2D eigenvalue weighted by atomic mass is 10.1. The average molecular weight is 383 g/mol. The van der Waals surface area contributed by atoms with E-state index in [-0.39, 0.29) is 0 Å². The van der Waals surface area contributed by atoms with Crippen LogP contribution in [0.15, 0.2) is 53.7 Å². The summed E-state index contributed by atoms with van der Waals surface area (Å²) in [5.74, 6) is 2.58. The number of hydrogen-bond donors (Lipinski definition) is 2. The molecule has 1 saturated heterocycles. The minimum atomic E-state index is -0.668. The van der Waals surface area contributed by atoms with Crippen LogP contribution in [0.1, 0.15) is 18.6 Å². The van der Waals surface area contributed by atoms with E-state index in [0.29, 0.717) is 6.54 Å². The number of nitrogens with zero attached hydrogens (tertiary/aromatic N) is 4. The van der Waals surface area contributed by atoms with E-state index in [4.69, 9.17) is 4.74 Å². The number of pyridine rings is 1. The standard InChI is InChI=1S/C21H29N5O2/c1-3-22-21(24-16-19(27)17-7-6-8-18(15-17)28-2)26-13-11-25(12-14-26)20-9-4-5-10-23-20/h4-10,15,19,27H,3,11-14,16H2,1-2H3,(H,22,24). The molecular weight excluding hydrogens is 354 g/mol. The number of piperazine rings is 1. The van der Waals surface area contributed by atoms with Crippen molar-refractivity contribution < 1.29 is 9.84 Å². The van der Waals surface area contributed by atoms with Crippen LogP contribution in [0.3, 0.4) is 0 Å². The van der Waals surface area contributed by atoms with Gasteiger partial charge in [-0.15, -0.1) is 0 Å². The predicted octanol–water partition coefficient (Wildman–Crippen LogP) is 1.91. The van der Waals surface area contributed by atoms with Gasteiger partial charge in [0.2, 0.25) is 0 Å². The number of benzene rings is 1. The molecule has 7 nitrogen and oxygen atoms in total. The minimum Gasteiger partial charge on any atom is -0.497 e. The fourth-order valence-electron chi connectivity index (χ4n) is 3.24. The van der Waals surface area contributed by atoms with Crippen molar-refractivity contribution in [2.45, 2.75) is 13.0 Å². The zero-order valence-corrected chi connectivity index (χ0v) is 16.6. The van der Waals surface area contributed by atoms with Gasteiger partial charge in [-0.25, -0.2) is 4.98 Å². The Morgan fingerprint density at radius 1 is 1.21 bits per heavy atom. The lowest BCUT2D eigenvalue weighted by Gasteiger charge is -2.37. The molecule has 1 aromatic carbocycles. The van der Waals surface area contributed by atoms with Gasteiger partial charge in [-0.2, -0.15) is 0 Å². The number of anilines is 1. The van der Waals surface area contributed by atoms with Crippen molar-refractivity contribution in [2.75, 3.05) is 51.3 Å². The number of hydrogen-bond acceptors (Lipinski definition) is 5. The molecule has 1 unspecified atom stereocenters. The third kappa shape index (κ3) is 5.13. The molecule has 0 aliphatic carbocycles. The molecule has 0 amide bonds. The van der Waals surface area contributed by atoms with Crippen molar-refractivity contribution in [2.24, 2.45) is 4.99 Å². The number of aliphatic hydroxyl groups is 1. The summed E-state index contributed by atoms with van der Waals surface area (Å²) in [6.07, 6.45) is 1.16. The molecule has 0 spiro atoms. The molecule has 2 heterocycles. The topological polar surface area (TPSA) is 73.2 Å². The van der Waals surface area contributed by atoms with Gasteiger partial charge >= 0.3 is 0 Å². The molecule has 0 saturated carbocycles. The van der Waals surface area contributed by atoms with Crippen LogP contribution in [0.5, 0.6) is 5.75 Å². The molecule has 1 fully saturated rings. The number of aliphatic imine (C=N–C) groups is 1. The first-order valence-corrected chi connectivity index (χ1v) is 9.72. The fourth-order valence-corrected chi connectivity index (χ4v) is 3.24. The van der Waals surface area contributed by atoms with Crippen LogP contribution in [0.4, 0.5) is 5.82 Å². The summed E-state index contributed by atoms with van der Waals surface area (Å²) >= 11 is 0. The second-order valence-corrected chi connectivity index (χ2v) is 6.65. The molecule has 0 bridgehead atoms. The van der Waals surface area contributed by atoms with E-state index >= 15 is 0 Å². The fraction of sp³-hybridized carbons (Fsp3) is 0.429. The Labute approximate surface area is 166 Å². The van der Waals surface area contributed by atoms with E-state index < -0.39 is 6.10 Å². The predicted molar refractivity (Wildman–Crippen MR) is 112 cm³/mol. The van der Waals surface area contributed by atoms with Crippen molar-refractivity contribution in [1.82, 2.24) is 15.2 Å². The second kappa shape index (κ2) is 9.94. The van der Waals surface area contributed by atoms with E-state index in [1.54, 1.807) is 7.11 Å². The highest BCUT2D eigenvalue weighted by atomic mass is 16.5. The van der Waals surface area contributed by atoms with Crippen LogP contribution in [0, 0.1) is 0 Å². The largest absolute Gasteiger partial charge is 0.497 e. The Morgan fingerprint density at radius 2 is 2.04 bits per heavy atom. The third-order valence-electron chi connectivity index (χ3n) is 4.78. The van der Waals surface area contributed by atoms with Gasteiger partial charge in [0.1, 0.15) is 11.6 Å². The number of nitrogens with one attached hydrogen (secondary N) is 1. The summed E-state index contributed by atoms with van der Waals surface area (Å²) < 4.78 is 5.23. The van der Waals surface area contributed by atoms with Gasteiger partial charge in [-0.3, -0.25) is 4.99 Å². The first-order chi connectivity index (χ1) is 13.7. The van der Waals surface area contributed by atoms with E-state index in [1.807, 2.05) is 48.7 Å². The van der Waals surface area contributed by atoms with E-state index in [0.717, 1.165) is 55.8 Å². The average Bonchev–Trinajstić information content (AvgIpc) is 2.77. The first-order valence-electron chi connectivity index (χ1n) is 9.72. The summed E-state index contributed by atoms with van der Waals surface area (Å²) in [7, 11) is 1.62. The quantitative estimate of drug-likeness (QED) is 0.586. The molecule has 1 atom stereocenters. The highest BCUT2D eigenvalue weighted by Gasteiger charge is 2.20. The number of guanidine groups is 1. The number of aliphatic hydroxyl groups excluding tert-OH is 1. The monoisotopic (exact) mass is 383 g/mol. The van der Waals surface area contributed by atoms with Gasteiger partial charge in [0.15, 0.2) is 5.96 Å². The molecule has 1 aliphatic rings. The lowest BCUT2D eigenvalue weighted by Crippen LogP contribution is -2.52. The zero-order chi connectivity index (χ0) is 19.8. The molecule has 0 radical (unpaired) electrons. The highest BCUT2D eigenvalue weighted by molar-refractivity contribution is 5.80. The molecule has 150 valence electrons. The maximum atomic E-state index is 10.5. The normalized spacial score (nSPS) is 16.0. The van der Waals surface area contributed by atoms with Crippen molar-refractivity contribution in [3.63, 3.8) is 0 Å². The van der Waals surface area contributed by atoms with Gasteiger partial charge in [-0.1, -0.05) is 18.2 Å². The third-order valence-corrected chi connectivity index (χ3v) is 4.78. The van der Waals surface area contributed by atoms with Gasteiger partial charge < -0.3 is 25.0 Å². The number of aromatic nitrogens is 1. The van der Waals surface area contributed by atoms with Crippen LogP contribution in [-0.4, -0.2) is 67.3 Å². The Kier molecular flexibility index (Phi) is 7.08. The first kappa shape index (κ1) is 19.9. The van der Waals surface area contributed by atoms with Gasteiger partial charge in [0, 0.05) is 38.9 Å². The summed E-state index contributed by atoms with van der Waals surface area (Å²) in [5, 5.41) is 13.9. The Morgan fingerprint density at radius 3 is 2.71 bits per heavy atom. The lowest BCUT2D eigenvalue weighted by molar-refractivity contribution is 0.186. The molecule has 28 heavy (non-hydrogen) atoms. The van der Waals surface area contributed by atoms with E-state index in [1.165, 1.54) is 0 Å². The number of ether oxygens (including phenoxy) is 1. The maximum absolute atomic E-state index is 10.5. The second-order valence-electron chi connectivity index (χ2n) is 6.65. The van der Waals surface area contributed by atoms with Crippen molar-refractivity contribution in [3.05, 3.63) is 54.2 Å². The van der Waals surface area contributed by atoms with Gasteiger partial charge in [0.05, 0.1) is 19.8 Å². The van der Waals surface area contributed by atoms with Gasteiger partial charge in [0.25, 0.3) is 0 Å². The Hall–Kier alpha value is -2.80. The SMILES string of the molecule is CCNC(=NCC(O)c1cccc(OC)c1)N1CCN(c2ccccn2)CC1. The smallest absolute Gasteiger partial charge is 0.194 e. The molecule has 1 aliphatic heterocycles. The van der Waals surface area contributed by atoms with Crippen LogP contribution in [0.2, 0.25) is 0 Å². The molecule has 3 rings (SSSR count). The van der Waals surface area contributed by atoms with Crippen LogP contribution in [-0.2, 0) is 0 Å². The summed E-state index contributed by atoms with van der Waals surface area (Å²) in [6, 6.07) is 13.5. The molecular formula is C21H29N5O2. The maximum Gasteiger partial charge on any atom is 0.194 e. The summed E-state index contributed by atoms with van der Waals surface area (Å²) in [4.78, 5) is 13.6. The minimum absolute atomic E-state index is 0.302. The molecule has 7 heteroatoms.